The van der Waals surface area contributed by atoms with E-state index in [1.165, 1.54) is 37.2 Å². The molecule has 1 atom stereocenters. The Balaban J connectivity index is 2.00. The number of aromatic nitrogens is 3. The molecule has 0 spiro atoms. The van der Waals surface area contributed by atoms with Gasteiger partial charge in [0.15, 0.2) is 6.10 Å². The Hall–Kier alpha value is -5.22. The van der Waals surface area contributed by atoms with E-state index in [0.29, 0.717) is 0 Å². The number of amides is 3. The molecule has 1 N–H and O–H groups in total. The number of carbonyl (C=O) groups is 4. The highest BCUT2D eigenvalue weighted by Gasteiger charge is 2.30. The number of rotatable bonds is 11. The van der Waals surface area contributed by atoms with Crippen molar-refractivity contribution in [3.05, 3.63) is 70.3 Å². The molecule has 0 bridgehead atoms. The van der Waals surface area contributed by atoms with Gasteiger partial charge in [0.05, 0.1) is 30.3 Å². The van der Waals surface area contributed by atoms with Crippen LogP contribution in [0.3, 0.4) is 0 Å². The third-order valence-corrected chi connectivity index (χ3v) is 6.96. The second kappa shape index (κ2) is 16.0. The lowest BCUT2D eigenvalue weighted by molar-refractivity contribution is -0.134. The highest BCUT2D eigenvalue weighted by Crippen LogP contribution is 2.30. The molecule has 1 aromatic carbocycles. The van der Waals surface area contributed by atoms with E-state index in [-0.39, 0.29) is 46.6 Å². The molecule has 50 heavy (non-hydrogen) atoms. The summed E-state index contributed by atoms with van der Waals surface area (Å²) in [6.07, 6.45) is -4.55. The molecule has 0 saturated heterocycles. The van der Waals surface area contributed by atoms with E-state index in [4.69, 9.17) is 9.47 Å². The third kappa shape index (κ3) is 10.9. The Morgan fingerprint density at radius 1 is 1.04 bits per heavy atom. The van der Waals surface area contributed by atoms with Gasteiger partial charge < -0.3 is 24.6 Å². The number of nitrogens with zero attached hydrogens (tertiary/aromatic N) is 5. The van der Waals surface area contributed by atoms with E-state index in [9.17, 15) is 41.5 Å². The van der Waals surface area contributed by atoms with Gasteiger partial charge in [-0.1, -0.05) is 6.08 Å². The summed E-state index contributed by atoms with van der Waals surface area (Å²) in [5.74, 6) is -1.98. The number of anilines is 1. The van der Waals surface area contributed by atoms with Crippen LogP contribution >= 0.6 is 0 Å². The molecule has 0 saturated carbocycles. The Bertz CT molecular complexity index is 1820. The number of benzene rings is 1. The van der Waals surface area contributed by atoms with Gasteiger partial charge in [0.25, 0.3) is 11.5 Å². The SMILES string of the molecule is CN(C)C(=O)/C=C/CC[C@H](OC(=O)N(C)C)C(=O)Nc1cncn(Cc2cc3cc(F)cc(CCC(F)(F)F)c3n2C(=O)OC(C)(C)C)c1=O. The normalized spacial score (nSPS) is 12.5. The molecular formula is C33H40F4N6O7. The maximum absolute atomic E-state index is 14.6. The zero-order valence-electron chi connectivity index (χ0n) is 28.8. The van der Waals surface area contributed by atoms with Crippen molar-refractivity contribution in [1.82, 2.24) is 23.9 Å². The van der Waals surface area contributed by atoms with Crippen molar-refractivity contribution in [1.29, 1.82) is 0 Å². The van der Waals surface area contributed by atoms with Crippen molar-refractivity contribution in [3.63, 3.8) is 0 Å². The largest absolute Gasteiger partial charge is 0.443 e. The van der Waals surface area contributed by atoms with Gasteiger partial charge in [0, 0.05) is 40.0 Å². The molecule has 0 aliphatic rings. The fourth-order valence-corrected chi connectivity index (χ4v) is 4.64. The van der Waals surface area contributed by atoms with E-state index >= 15 is 0 Å². The summed E-state index contributed by atoms with van der Waals surface area (Å²) in [4.78, 5) is 70.9. The van der Waals surface area contributed by atoms with Gasteiger partial charge in [-0.25, -0.2) is 23.5 Å². The average Bonchev–Trinajstić information content (AvgIpc) is 3.35. The highest BCUT2D eigenvalue weighted by atomic mass is 19.4. The monoisotopic (exact) mass is 708 g/mol. The van der Waals surface area contributed by atoms with Crippen molar-refractivity contribution >= 4 is 40.6 Å². The molecule has 13 nitrogen and oxygen atoms in total. The number of likely N-dealkylation sites (N-methyl/N-ethyl adjacent to an activating group) is 1. The number of hydrogen-bond donors (Lipinski definition) is 1. The topological polar surface area (TPSA) is 145 Å². The van der Waals surface area contributed by atoms with E-state index in [2.05, 4.69) is 10.3 Å². The van der Waals surface area contributed by atoms with Gasteiger partial charge in [0.1, 0.15) is 17.1 Å². The summed E-state index contributed by atoms with van der Waals surface area (Å²) in [6.45, 7) is 4.37. The van der Waals surface area contributed by atoms with Crippen LogP contribution in [0, 0.1) is 5.82 Å². The van der Waals surface area contributed by atoms with Crippen molar-refractivity contribution in [2.24, 2.45) is 0 Å². The predicted octanol–water partition coefficient (Wildman–Crippen LogP) is 5.09. The van der Waals surface area contributed by atoms with Crippen LogP contribution in [0.5, 0.6) is 0 Å². The number of hydrogen-bond acceptors (Lipinski definition) is 8. The fourth-order valence-electron chi connectivity index (χ4n) is 4.64. The standard InChI is InChI=1S/C33H40F4N6O7/c1-32(2,3)50-31(48)43-23(16-21-15-22(34)14-20(27(21)43)12-13-33(35,36)37)18-42-19-38-17-24(29(42)46)39-28(45)25(49-30(47)41(6)7)10-8-9-11-26(44)40(4)5/h9,11,14-17,19,25H,8,10,12-13,18H2,1-7H3,(H,39,45)/b11-9+/t25-/m0/s1. The number of ether oxygens (including phenoxy) is 2. The van der Waals surface area contributed by atoms with E-state index in [1.54, 1.807) is 34.9 Å². The Morgan fingerprint density at radius 3 is 2.32 bits per heavy atom. The van der Waals surface area contributed by atoms with Crippen LogP contribution in [-0.2, 0) is 32.0 Å². The molecular weight excluding hydrogens is 668 g/mol. The first-order valence-electron chi connectivity index (χ1n) is 15.4. The molecule has 0 aliphatic heterocycles. The molecule has 2 heterocycles. The Kier molecular flexibility index (Phi) is 12.5. The van der Waals surface area contributed by atoms with Crippen LogP contribution in [-0.4, -0.2) is 94.0 Å². The molecule has 0 radical (unpaired) electrons. The first-order valence-corrected chi connectivity index (χ1v) is 15.4. The first kappa shape index (κ1) is 39.2. The lowest BCUT2D eigenvalue weighted by Gasteiger charge is -2.22. The van der Waals surface area contributed by atoms with Crippen LogP contribution < -0.4 is 10.9 Å². The summed E-state index contributed by atoms with van der Waals surface area (Å²) >= 11 is 0. The van der Waals surface area contributed by atoms with E-state index in [0.717, 1.165) is 38.7 Å². The van der Waals surface area contributed by atoms with Crippen molar-refractivity contribution < 1.29 is 46.2 Å². The van der Waals surface area contributed by atoms with E-state index in [1.807, 2.05) is 0 Å². The summed E-state index contributed by atoms with van der Waals surface area (Å²) < 4.78 is 66.9. The highest BCUT2D eigenvalue weighted by molar-refractivity contribution is 5.95. The molecule has 3 rings (SSSR count). The number of halogens is 4. The van der Waals surface area contributed by atoms with Gasteiger partial charge in [-0.15, -0.1) is 0 Å². The summed E-state index contributed by atoms with van der Waals surface area (Å²) in [7, 11) is 5.96. The molecule has 0 aliphatic carbocycles. The second-order valence-electron chi connectivity index (χ2n) is 12.8. The predicted molar refractivity (Wildman–Crippen MR) is 175 cm³/mol. The molecule has 272 valence electrons. The molecule has 0 unspecified atom stereocenters. The molecule has 0 fully saturated rings. The average molecular weight is 709 g/mol. The van der Waals surface area contributed by atoms with Gasteiger partial charge in [0.2, 0.25) is 5.91 Å². The number of allylic oxidation sites excluding steroid dienone is 1. The number of aryl methyl sites for hydroxylation is 1. The van der Waals surface area contributed by atoms with Crippen LogP contribution in [0.1, 0.15) is 51.3 Å². The number of fused-ring (bicyclic) bond motifs is 1. The van der Waals surface area contributed by atoms with Crippen molar-refractivity contribution in [3.8, 4) is 0 Å². The van der Waals surface area contributed by atoms with Crippen LogP contribution in [0.4, 0.5) is 32.8 Å². The van der Waals surface area contributed by atoms with Crippen LogP contribution in [0.25, 0.3) is 10.9 Å². The van der Waals surface area contributed by atoms with Crippen molar-refractivity contribution in [2.45, 2.75) is 70.9 Å². The minimum absolute atomic E-state index is 0.0164. The van der Waals surface area contributed by atoms with Crippen LogP contribution in [0.2, 0.25) is 0 Å². The van der Waals surface area contributed by atoms with Gasteiger partial charge in [-0.05, 0) is 69.9 Å². The minimum Gasteiger partial charge on any atom is -0.443 e. The van der Waals surface area contributed by atoms with Crippen LogP contribution in [0.15, 0.2) is 47.7 Å². The smallest absolute Gasteiger partial charge is 0.419 e. The molecule has 3 amide bonds. The zero-order valence-corrected chi connectivity index (χ0v) is 28.8. The summed E-state index contributed by atoms with van der Waals surface area (Å²) in [6, 6.07) is 3.32. The lowest BCUT2D eigenvalue weighted by Crippen LogP contribution is -2.38. The van der Waals surface area contributed by atoms with Gasteiger partial charge >= 0.3 is 18.4 Å². The van der Waals surface area contributed by atoms with E-state index < -0.39 is 66.7 Å². The third-order valence-electron chi connectivity index (χ3n) is 6.96. The fraction of sp³-hybridized carbons (Fsp3) is 0.455. The van der Waals surface area contributed by atoms with Gasteiger partial charge in [-0.2, -0.15) is 13.2 Å². The second-order valence-corrected chi connectivity index (χ2v) is 12.8. The zero-order chi connectivity index (χ0) is 37.6. The Labute approximate surface area is 285 Å². The summed E-state index contributed by atoms with van der Waals surface area (Å²) in [5.41, 5.74) is -2.20. The first-order chi connectivity index (χ1) is 23.2. The van der Waals surface area contributed by atoms with Gasteiger partial charge in [-0.3, -0.25) is 19.0 Å². The number of carbonyl (C=O) groups excluding carboxylic acids is 4. The summed E-state index contributed by atoms with van der Waals surface area (Å²) in [5, 5.41) is 2.50. The number of alkyl halides is 3. The quantitative estimate of drug-likeness (QED) is 0.214. The molecule has 3 aromatic rings. The lowest BCUT2D eigenvalue weighted by atomic mass is 10.1. The number of nitrogens with one attached hydrogen (secondary N) is 1. The van der Waals surface area contributed by atoms with Crippen molar-refractivity contribution in [2.75, 3.05) is 33.5 Å². The Morgan fingerprint density at radius 2 is 1.72 bits per heavy atom. The maximum atomic E-state index is 14.6. The molecule has 2 aromatic heterocycles. The minimum atomic E-state index is -4.56. The molecule has 17 heteroatoms. The maximum Gasteiger partial charge on any atom is 0.419 e.